The lowest BCUT2D eigenvalue weighted by Crippen LogP contribution is -2.53. The maximum absolute atomic E-state index is 13.7. The molecule has 0 unspecified atom stereocenters. The number of piperidine rings is 1. The van der Waals surface area contributed by atoms with Crippen LogP contribution in [0.1, 0.15) is 52.0 Å². The third kappa shape index (κ3) is 6.80. The Morgan fingerprint density at radius 1 is 1.11 bits per heavy atom. The molecule has 8 heteroatoms. The second-order valence-corrected chi connectivity index (χ2v) is 11.1. The summed E-state index contributed by atoms with van der Waals surface area (Å²) in [7, 11) is 0. The molecule has 7 nitrogen and oxygen atoms in total. The van der Waals surface area contributed by atoms with Crippen molar-refractivity contribution >= 4 is 12.0 Å². The molecule has 2 N–H and O–H groups in total. The highest BCUT2D eigenvalue weighted by molar-refractivity contribution is 5.83. The van der Waals surface area contributed by atoms with Crippen LogP contribution in [-0.4, -0.2) is 60.0 Å². The van der Waals surface area contributed by atoms with E-state index in [1.54, 1.807) is 4.90 Å². The highest BCUT2D eigenvalue weighted by Gasteiger charge is 2.41. The second kappa shape index (κ2) is 11.1. The number of halogens is 1. The van der Waals surface area contributed by atoms with E-state index in [0.717, 1.165) is 5.56 Å². The minimum Gasteiger partial charge on any atom is -0.507 e. The second-order valence-electron chi connectivity index (χ2n) is 11.1. The normalized spacial score (nSPS) is 18.3. The molecule has 0 saturated carbocycles. The molecule has 2 saturated heterocycles. The van der Waals surface area contributed by atoms with Gasteiger partial charge in [-0.25, -0.2) is 9.18 Å². The van der Waals surface area contributed by atoms with Gasteiger partial charge in [-0.3, -0.25) is 4.79 Å². The van der Waals surface area contributed by atoms with Gasteiger partial charge in [-0.1, -0.05) is 24.3 Å². The van der Waals surface area contributed by atoms with Crippen molar-refractivity contribution in [2.24, 2.45) is 5.41 Å². The molecule has 4 rings (SSSR count). The molecular weight excluding hydrogens is 475 g/mol. The van der Waals surface area contributed by atoms with Crippen molar-refractivity contribution in [2.75, 3.05) is 26.3 Å². The summed E-state index contributed by atoms with van der Waals surface area (Å²) in [5, 5.41) is 13.4. The average molecular weight is 513 g/mol. The van der Waals surface area contributed by atoms with Gasteiger partial charge in [0, 0.05) is 37.9 Å². The number of aromatic hydroxyl groups is 1. The molecule has 2 aromatic carbocycles. The van der Waals surface area contributed by atoms with Crippen molar-refractivity contribution in [3.8, 4) is 16.9 Å². The number of nitrogens with one attached hydrogen (secondary N) is 1. The van der Waals surface area contributed by atoms with E-state index in [2.05, 4.69) is 5.32 Å². The Balaban J connectivity index is 1.40. The summed E-state index contributed by atoms with van der Waals surface area (Å²) in [6.07, 6.45) is 2.87. The maximum atomic E-state index is 13.7. The van der Waals surface area contributed by atoms with E-state index >= 15 is 0 Å². The van der Waals surface area contributed by atoms with Crippen LogP contribution in [0.3, 0.4) is 0 Å². The molecule has 0 bridgehead atoms. The van der Waals surface area contributed by atoms with Crippen molar-refractivity contribution in [3.05, 3.63) is 53.8 Å². The average Bonchev–Trinajstić information content (AvgIpc) is 2.86. The molecule has 2 amide bonds. The standard InChI is InChI=1S/C29H37FN2O5/c1-28(2,3)37-27(35)32-14-10-23(11-15-32)31-26(34)29(12-16-36-17-13-29)19-20-4-6-21(7-5-20)24-18-22(30)8-9-25(24)33/h4-9,18,23,33H,10-17,19H2,1-3H3,(H,31,34). The van der Waals surface area contributed by atoms with Crippen LogP contribution in [0, 0.1) is 11.2 Å². The fraction of sp³-hybridized carbons (Fsp3) is 0.517. The van der Waals surface area contributed by atoms with Crippen LogP contribution in [0.25, 0.3) is 11.1 Å². The van der Waals surface area contributed by atoms with Gasteiger partial charge in [-0.2, -0.15) is 0 Å². The van der Waals surface area contributed by atoms with E-state index in [1.807, 2.05) is 45.0 Å². The first-order valence-electron chi connectivity index (χ1n) is 13.0. The highest BCUT2D eigenvalue weighted by atomic mass is 19.1. The van der Waals surface area contributed by atoms with Gasteiger partial charge in [0.15, 0.2) is 0 Å². The maximum Gasteiger partial charge on any atom is 0.410 e. The Labute approximate surface area is 218 Å². The van der Waals surface area contributed by atoms with Gasteiger partial charge in [0.25, 0.3) is 0 Å². The van der Waals surface area contributed by atoms with Crippen molar-refractivity contribution in [3.63, 3.8) is 0 Å². The number of rotatable bonds is 5. The first kappa shape index (κ1) is 26.9. The Bertz CT molecular complexity index is 1100. The Morgan fingerprint density at radius 3 is 2.38 bits per heavy atom. The minimum absolute atomic E-state index is 0.00392. The third-order valence-corrected chi connectivity index (χ3v) is 7.18. The summed E-state index contributed by atoms with van der Waals surface area (Å²) in [5.74, 6) is -0.364. The van der Waals surface area contributed by atoms with E-state index in [1.165, 1.54) is 18.2 Å². The minimum atomic E-state index is -0.580. The predicted octanol–water partition coefficient (Wildman–Crippen LogP) is 5.05. The van der Waals surface area contributed by atoms with Crippen LogP contribution >= 0.6 is 0 Å². The zero-order valence-corrected chi connectivity index (χ0v) is 21.9. The molecule has 2 fully saturated rings. The number of benzene rings is 2. The number of carbonyl (C=O) groups excluding carboxylic acids is 2. The molecule has 0 spiro atoms. The van der Waals surface area contributed by atoms with E-state index in [4.69, 9.17) is 9.47 Å². The van der Waals surface area contributed by atoms with Gasteiger partial charge in [0.05, 0.1) is 5.41 Å². The van der Waals surface area contributed by atoms with Crippen molar-refractivity contribution in [2.45, 2.75) is 64.5 Å². The van der Waals surface area contributed by atoms with Crippen molar-refractivity contribution in [1.29, 1.82) is 0 Å². The van der Waals surface area contributed by atoms with Crippen LogP contribution in [0.5, 0.6) is 5.75 Å². The molecule has 0 aliphatic carbocycles. The van der Waals surface area contributed by atoms with Gasteiger partial charge in [0.2, 0.25) is 5.91 Å². The molecule has 37 heavy (non-hydrogen) atoms. The number of hydrogen-bond donors (Lipinski definition) is 2. The van der Waals surface area contributed by atoms with Gasteiger partial charge in [0.1, 0.15) is 17.2 Å². The summed E-state index contributed by atoms with van der Waals surface area (Å²) in [5.41, 5.74) is 1.03. The molecule has 2 aromatic rings. The molecule has 0 aromatic heterocycles. The fourth-order valence-corrected chi connectivity index (χ4v) is 5.05. The lowest BCUT2D eigenvalue weighted by molar-refractivity contribution is -0.137. The summed E-state index contributed by atoms with van der Waals surface area (Å²) in [4.78, 5) is 27.7. The van der Waals surface area contributed by atoms with E-state index in [0.29, 0.717) is 69.5 Å². The summed E-state index contributed by atoms with van der Waals surface area (Å²) in [6.45, 7) is 7.70. The highest BCUT2D eigenvalue weighted by Crippen LogP contribution is 2.36. The Hall–Kier alpha value is -3.13. The first-order chi connectivity index (χ1) is 17.5. The number of likely N-dealkylation sites (tertiary alicyclic amines) is 1. The van der Waals surface area contributed by atoms with Crippen molar-refractivity contribution < 1.29 is 28.6 Å². The molecule has 0 radical (unpaired) electrons. The smallest absolute Gasteiger partial charge is 0.410 e. The van der Waals surface area contributed by atoms with Crippen molar-refractivity contribution in [1.82, 2.24) is 10.2 Å². The fourth-order valence-electron chi connectivity index (χ4n) is 5.05. The van der Waals surface area contributed by atoms with Crippen LogP contribution in [0.4, 0.5) is 9.18 Å². The van der Waals surface area contributed by atoms with Crippen LogP contribution in [0.15, 0.2) is 42.5 Å². The van der Waals surface area contributed by atoms with Gasteiger partial charge < -0.3 is 24.8 Å². The summed E-state index contributed by atoms with van der Waals surface area (Å²) >= 11 is 0. The number of ether oxygens (including phenoxy) is 2. The number of amides is 2. The zero-order valence-electron chi connectivity index (χ0n) is 21.9. The lowest BCUT2D eigenvalue weighted by Gasteiger charge is -2.39. The number of phenols is 1. The van der Waals surface area contributed by atoms with Crippen LogP contribution < -0.4 is 5.32 Å². The Morgan fingerprint density at radius 2 is 1.76 bits per heavy atom. The quantitative estimate of drug-likeness (QED) is 0.585. The largest absolute Gasteiger partial charge is 0.507 e. The predicted molar refractivity (Wildman–Crippen MR) is 139 cm³/mol. The van der Waals surface area contributed by atoms with Gasteiger partial charge >= 0.3 is 6.09 Å². The van der Waals surface area contributed by atoms with Gasteiger partial charge in [-0.15, -0.1) is 0 Å². The summed E-state index contributed by atoms with van der Waals surface area (Å²) in [6, 6.07) is 11.4. The molecule has 2 aliphatic heterocycles. The third-order valence-electron chi connectivity index (χ3n) is 7.18. The number of nitrogens with zero attached hydrogens (tertiary/aromatic N) is 1. The SMILES string of the molecule is CC(C)(C)OC(=O)N1CCC(NC(=O)C2(Cc3ccc(-c4cc(F)ccc4O)cc3)CCOCC2)CC1. The summed E-state index contributed by atoms with van der Waals surface area (Å²) < 4.78 is 24.7. The monoisotopic (exact) mass is 512 g/mol. The number of hydrogen-bond acceptors (Lipinski definition) is 5. The number of phenolic OH excluding ortho intramolecular Hbond substituents is 1. The van der Waals surface area contributed by atoms with Crippen LogP contribution in [0.2, 0.25) is 0 Å². The van der Waals surface area contributed by atoms with Gasteiger partial charge in [-0.05, 0) is 82.2 Å². The van der Waals surface area contributed by atoms with E-state index in [9.17, 15) is 19.1 Å². The van der Waals surface area contributed by atoms with E-state index in [-0.39, 0.29) is 23.8 Å². The molecule has 0 atom stereocenters. The molecular formula is C29H37FN2O5. The van der Waals surface area contributed by atoms with Crippen LogP contribution in [-0.2, 0) is 20.7 Å². The zero-order chi connectivity index (χ0) is 26.6. The van der Waals surface area contributed by atoms with E-state index < -0.39 is 16.8 Å². The molecule has 2 aliphatic rings. The lowest BCUT2D eigenvalue weighted by atomic mass is 9.74. The Kier molecular flexibility index (Phi) is 8.07. The topological polar surface area (TPSA) is 88.1 Å². The molecule has 200 valence electrons. The molecule has 2 heterocycles. The number of carbonyl (C=O) groups is 2. The first-order valence-corrected chi connectivity index (χ1v) is 13.0.